The summed E-state index contributed by atoms with van der Waals surface area (Å²) >= 11 is 0. The Balaban J connectivity index is 1.28. The first-order valence-corrected chi connectivity index (χ1v) is 21.2. The number of benzene rings is 8. The maximum absolute atomic E-state index is 7.06. The van der Waals surface area contributed by atoms with Gasteiger partial charge in [0.15, 0.2) is 5.58 Å². The quantitative estimate of drug-likeness (QED) is 0.157. The first-order valence-electron chi connectivity index (χ1n) is 21.2. The zero-order valence-corrected chi connectivity index (χ0v) is 35.0. The number of aryl methyl sites for hydroxylation is 4. The molecule has 60 heavy (non-hydrogen) atoms. The lowest BCUT2D eigenvalue weighted by atomic mass is 9.33. The van der Waals surface area contributed by atoms with Crippen LogP contribution in [-0.4, -0.2) is 6.71 Å². The third-order valence-corrected chi connectivity index (χ3v) is 12.6. The van der Waals surface area contributed by atoms with Crippen molar-refractivity contribution in [3.63, 3.8) is 0 Å². The van der Waals surface area contributed by atoms with E-state index in [0.717, 1.165) is 50.4 Å². The Morgan fingerprint density at radius 3 is 1.57 bits per heavy atom. The van der Waals surface area contributed by atoms with Crippen molar-refractivity contribution in [2.75, 3.05) is 14.7 Å². The standard InChI is InChI=1S/C55H46BN3O/c1-34(2)43-20-12-21-44-45-22-13-23-48(55(45)60-54(43)44)57(39-16-8-7-9-17-39)42-32-51-53-52(33-42)59(41-19-11-15-36(4)29-41)50-31-38(6)25-27-47(50)56(53)46-26-24-37(5)30-49(46)58(51)40-18-10-14-35(3)28-40/h7-34H,1-6H3. The Hall–Kier alpha value is -6.98. The molecule has 0 saturated carbocycles. The molecule has 0 radical (unpaired) electrons. The predicted octanol–water partition coefficient (Wildman–Crippen LogP) is 13.5. The second kappa shape index (κ2) is 13.8. The van der Waals surface area contributed by atoms with E-state index in [9.17, 15) is 0 Å². The van der Waals surface area contributed by atoms with Gasteiger partial charge in [0, 0.05) is 50.6 Å². The molecule has 11 rings (SSSR count). The van der Waals surface area contributed by atoms with Crippen LogP contribution in [0.15, 0.2) is 168 Å². The molecule has 0 fully saturated rings. The zero-order chi connectivity index (χ0) is 40.8. The van der Waals surface area contributed by atoms with E-state index in [-0.39, 0.29) is 6.71 Å². The Morgan fingerprint density at radius 2 is 1.00 bits per heavy atom. The summed E-state index contributed by atoms with van der Waals surface area (Å²) in [6, 6.07) is 60.8. The van der Waals surface area contributed by atoms with Gasteiger partial charge >= 0.3 is 0 Å². The zero-order valence-electron chi connectivity index (χ0n) is 35.0. The summed E-state index contributed by atoms with van der Waals surface area (Å²) in [5.41, 5.74) is 22.0. The van der Waals surface area contributed by atoms with Crippen LogP contribution in [0.5, 0.6) is 0 Å². The second-order valence-electron chi connectivity index (χ2n) is 17.1. The van der Waals surface area contributed by atoms with E-state index in [1.807, 2.05) is 0 Å². The van der Waals surface area contributed by atoms with Gasteiger partial charge in [-0.05, 0) is 145 Å². The number of hydrogen-bond donors (Lipinski definition) is 0. The summed E-state index contributed by atoms with van der Waals surface area (Å²) in [7, 11) is 0. The lowest BCUT2D eigenvalue weighted by Gasteiger charge is -2.45. The van der Waals surface area contributed by atoms with Gasteiger partial charge in [0.25, 0.3) is 6.71 Å². The molecule has 0 saturated heterocycles. The fourth-order valence-electron chi connectivity index (χ4n) is 9.88. The first kappa shape index (κ1) is 36.1. The fraction of sp³-hybridized carbons (Fsp3) is 0.127. The summed E-state index contributed by atoms with van der Waals surface area (Å²) in [5.74, 6) is 0.322. The van der Waals surface area contributed by atoms with Crippen LogP contribution >= 0.6 is 0 Å². The molecule has 0 spiro atoms. The van der Waals surface area contributed by atoms with Crippen molar-refractivity contribution in [1.29, 1.82) is 0 Å². The van der Waals surface area contributed by atoms with Gasteiger partial charge < -0.3 is 19.1 Å². The molecule has 3 heterocycles. The van der Waals surface area contributed by atoms with Crippen LogP contribution in [0.2, 0.25) is 0 Å². The van der Waals surface area contributed by atoms with E-state index < -0.39 is 0 Å². The van der Waals surface area contributed by atoms with E-state index in [0.29, 0.717) is 5.92 Å². The molecule has 0 atom stereocenters. The minimum absolute atomic E-state index is 0.0239. The molecule has 0 bridgehead atoms. The van der Waals surface area contributed by atoms with Crippen molar-refractivity contribution in [3.8, 4) is 0 Å². The summed E-state index contributed by atoms with van der Waals surface area (Å²) in [5, 5.41) is 2.26. The van der Waals surface area contributed by atoms with Crippen LogP contribution < -0.4 is 31.1 Å². The van der Waals surface area contributed by atoms with Crippen molar-refractivity contribution in [2.24, 2.45) is 0 Å². The second-order valence-corrected chi connectivity index (χ2v) is 17.1. The van der Waals surface area contributed by atoms with E-state index in [2.05, 4.69) is 220 Å². The van der Waals surface area contributed by atoms with E-state index >= 15 is 0 Å². The third kappa shape index (κ3) is 5.60. The van der Waals surface area contributed by atoms with Crippen molar-refractivity contribution in [1.82, 2.24) is 0 Å². The molecule has 0 amide bonds. The highest BCUT2D eigenvalue weighted by molar-refractivity contribution is 7.00. The van der Waals surface area contributed by atoms with E-state index in [1.54, 1.807) is 0 Å². The topological polar surface area (TPSA) is 22.9 Å². The van der Waals surface area contributed by atoms with Crippen LogP contribution in [0.4, 0.5) is 51.2 Å². The lowest BCUT2D eigenvalue weighted by Crippen LogP contribution is -2.61. The lowest BCUT2D eigenvalue weighted by molar-refractivity contribution is 0.657. The third-order valence-electron chi connectivity index (χ3n) is 12.6. The molecule has 0 unspecified atom stereocenters. The molecule has 2 aliphatic rings. The number of furan rings is 1. The monoisotopic (exact) mass is 775 g/mol. The summed E-state index contributed by atoms with van der Waals surface area (Å²) in [6.07, 6.45) is 0. The number of rotatable bonds is 6. The smallest absolute Gasteiger partial charge is 0.252 e. The van der Waals surface area contributed by atoms with Gasteiger partial charge in [-0.15, -0.1) is 0 Å². The fourth-order valence-corrected chi connectivity index (χ4v) is 9.88. The maximum Gasteiger partial charge on any atom is 0.252 e. The molecule has 290 valence electrons. The van der Waals surface area contributed by atoms with Crippen molar-refractivity contribution >= 4 is 96.2 Å². The Labute approximate surface area is 353 Å². The van der Waals surface area contributed by atoms with Crippen LogP contribution in [0.25, 0.3) is 21.9 Å². The summed E-state index contributed by atoms with van der Waals surface area (Å²) in [4.78, 5) is 7.44. The van der Waals surface area contributed by atoms with Crippen LogP contribution in [0.3, 0.4) is 0 Å². The Kier molecular flexibility index (Phi) is 8.32. The van der Waals surface area contributed by atoms with Crippen molar-refractivity contribution in [2.45, 2.75) is 47.5 Å². The minimum Gasteiger partial charge on any atom is -0.454 e. The summed E-state index contributed by atoms with van der Waals surface area (Å²) < 4.78 is 7.06. The molecule has 0 N–H and O–H groups in total. The van der Waals surface area contributed by atoms with Gasteiger partial charge in [-0.25, -0.2) is 0 Å². The molecule has 5 heteroatoms. The van der Waals surface area contributed by atoms with Gasteiger partial charge in [-0.2, -0.15) is 0 Å². The van der Waals surface area contributed by atoms with Crippen LogP contribution in [0, 0.1) is 27.7 Å². The van der Waals surface area contributed by atoms with Crippen molar-refractivity contribution < 1.29 is 4.42 Å². The van der Waals surface area contributed by atoms with Gasteiger partial charge in [0.1, 0.15) is 5.58 Å². The first-order chi connectivity index (χ1) is 29.2. The average molecular weight is 776 g/mol. The van der Waals surface area contributed by atoms with E-state index in [4.69, 9.17) is 4.42 Å². The number of fused-ring (bicyclic) bond motifs is 7. The van der Waals surface area contributed by atoms with Gasteiger partial charge in [-0.3, -0.25) is 0 Å². The SMILES string of the molecule is Cc1cccc(N2c3cc(C)ccc3B3c4ccc(C)cc4N(c4cccc(C)c4)c4cc(N(c5ccccc5)c5cccc6c5oc5c(C(C)C)cccc56)cc2c43)c1. The van der Waals surface area contributed by atoms with Crippen LogP contribution in [0.1, 0.15) is 47.6 Å². The number of anilines is 9. The normalized spacial score (nSPS) is 12.9. The molecule has 9 aromatic rings. The molecular formula is C55H46BN3O. The van der Waals surface area contributed by atoms with Gasteiger partial charge in [0.2, 0.25) is 0 Å². The molecular weight excluding hydrogens is 729 g/mol. The summed E-state index contributed by atoms with van der Waals surface area (Å²) in [6.45, 7) is 13.3. The highest BCUT2D eigenvalue weighted by atomic mass is 16.3. The predicted molar refractivity (Wildman–Crippen MR) is 255 cm³/mol. The number of hydrogen-bond acceptors (Lipinski definition) is 4. The molecule has 0 aliphatic carbocycles. The Bertz CT molecular complexity index is 3040. The minimum atomic E-state index is 0.0239. The molecule has 4 nitrogen and oxygen atoms in total. The van der Waals surface area contributed by atoms with Gasteiger partial charge in [0.05, 0.1) is 11.4 Å². The number of nitrogens with zero attached hydrogens (tertiary/aromatic N) is 3. The molecule has 2 aliphatic heterocycles. The van der Waals surface area contributed by atoms with Crippen LogP contribution in [-0.2, 0) is 0 Å². The van der Waals surface area contributed by atoms with E-state index in [1.165, 1.54) is 67.0 Å². The average Bonchev–Trinajstić information content (AvgIpc) is 3.63. The van der Waals surface area contributed by atoms with Crippen molar-refractivity contribution in [3.05, 3.63) is 192 Å². The Morgan fingerprint density at radius 1 is 0.467 bits per heavy atom. The maximum atomic E-state index is 7.06. The van der Waals surface area contributed by atoms with Gasteiger partial charge in [-0.1, -0.05) is 111 Å². The molecule has 1 aromatic heterocycles. The number of para-hydroxylation sites is 3. The highest BCUT2D eigenvalue weighted by Crippen LogP contribution is 2.50. The largest absolute Gasteiger partial charge is 0.454 e. The molecule has 8 aromatic carbocycles. The highest BCUT2D eigenvalue weighted by Gasteiger charge is 2.44.